The Morgan fingerprint density at radius 1 is 1.35 bits per heavy atom. The van der Waals surface area contributed by atoms with Crippen LogP contribution in [-0.4, -0.2) is 34.5 Å². The molecule has 0 aromatic carbocycles. The summed E-state index contributed by atoms with van der Waals surface area (Å²) >= 11 is 1.40. The summed E-state index contributed by atoms with van der Waals surface area (Å²) in [4.78, 5) is 23.2. The summed E-state index contributed by atoms with van der Waals surface area (Å²) in [6, 6.07) is 0.205. The first kappa shape index (κ1) is 17.5. The van der Waals surface area contributed by atoms with Gasteiger partial charge in [-0.3, -0.25) is 9.59 Å². The number of nitrogens with one attached hydrogen (secondary N) is 1. The van der Waals surface area contributed by atoms with E-state index in [1.165, 1.54) is 11.8 Å². The van der Waals surface area contributed by atoms with Crippen molar-refractivity contribution < 1.29 is 14.3 Å². The van der Waals surface area contributed by atoms with Gasteiger partial charge in [0.2, 0.25) is 5.91 Å². The molecule has 1 N–H and O–H groups in total. The maximum absolute atomic E-state index is 12.1. The normalized spacial score (nSPS) is 24.4. The molecule has 1 rings (SSSR count). The highest BCUT2D eigenvalue weighted by Gasteiger charge is 2.28. The predicted octanol–water partition coefficient (Wildman–Crippen LogP) is 2.75. The molecule has 1 fully saturated rings. The zero-order chi connectivity index (χ0) is 15.3. The van der Waals surface area contributed by atoms with E-state index in [9.17, 15) is 9.59 Å². The van der Waals surface area contributed by atoms with Crippen LogP contribution in [0.25, 0.3) is 0 Å². The number of thioether (sulfide) groups is 1. The molecule has 0 aliphatic heterocycles. The summed E-state index contributed by atoms with van der Waals surface area (Å²) in [6.07, 6.45) is 2.86. The second-order valence-electron chi connectivity index (χ2n) is 6.57. The third-order valence-electron chi connectivity index (χ3n) is 3.28. The van der Waals surface area contributed by atoms with Crippen molar-refractivity contribution in [3.05, 3.63) is 0 Å². The SMILES string of the molecule is CC(=O)SC1CCC(NC(=O)[C@@H](C)COC(C)(C)C)C1. The minimum atomic E-state index is -0.217. The molecule has 0 bridgehead atoms. The van der Waals surface area contributed by atoms with Crippen LogP contribution < -0.4 is 5.32 Å². The van der Waals surface area contributed by atoms with E-state index < -0.39 is 0 Å². The summed E-state index contributed by atoms with van der Waals surface area (Å²) < 4.78 is 5.64. The molecule has 0 aromatic heterocycles. The number of carbonyl (C=O) groups excluding carboxylic acids is 2. The largest absolute Gasteiger partial charge is 0.375 e. The van der Waals surface area contributed by atoms with Crippen molar-refractivity contribution in [1.29, 1.82) is 0 Å². The lowest BCUT2D eigenvalue weighted by atomic mass is 10.1. The average Bonchev–Trinajstić information content (AvgIpc) is 2.71. The monoisotopic (exact) mass is 301 g/mol. The van der Waals surface area contributed by atoms with Crippen LogP contribution in [-0.2, 0) is 14.3 Å². The lowest BCUT2D eigenvalue weighted by Gasteiger charge is -2.23. The maximum Gasteiger partial charge on any atom is 0.225 e. The molecule has 0 spiro atoms. The van der Waals surface area contributed by atoms with E-state index >= 15 is 0 Å². The standard InChI is InChI=1S/C15H27NO3S/c1-10(9-19-15(3,4)5)14(18)16-12-6-7-13(8-12)20-11(2)17/h10,12-13H,6-9H2,1-5H3,(H,16,18)/t10-,12?,13?/m0/s1. The summed E-state index contributed by atoms with van der Waals surface area (Å²) in [5, 5.41) is 3.60. The van der Waals surface area contributed by atoms with Gasteiger partial charge in [0.25, 0.3) is 0 Å². The molecule has 0 radical (unpaired) electrons. The van der Waals surface area contributed by atoms with Gasteiger partial charge in [0.15, 0.2) is 5.12 Å². The molecule has 1 amide bonds. The second kappa shape index (κ2) is 7.46. The van der Waals surface area contributed by atoms with Crippen LogP contribution in [0.1, 0.15) is 53.9 Å². The van der Waals surface area contributed by atoms with E-state index in [1.54, 1.807) is 6.92 Å². The van der Waals surface area contributed by atoms with Crippen molar-refractivity contribution >= 4 is 22.8 Å². The Labute approximate surface area is 126 Å². The fourth-order valence-corrected chi connectivity index (χ4v) is 3.26. The molecule has 2 unspecified atom stereocenters. The summed E-state index contributed by atoms with van der Waals surface area (Å²) in [5.41, 5.74) is -0.217. The van der Waals surface area contributed by atoms with Gasteiger partial charge >= 0.3 is 0 Å². The topological polar surface area (TPSA) is 55.4 Å². The molecule has 0 aromatic rings. The van der Waals surface area contributed by atoms with Crippen molar-refractivity contribution in [2.75, 3.05) is 6.61 Å². The highest BCUT2D eigenvalue weighted by Crippen LogP contribution is 2.30. The van der Waals surface area contributed by atoms with Gasteiger partial charge in [0, 0.05) is 18.2 Å². The van der Waals surface area contributed by atoms with Crippen LogP contribution in [0.2, 0.25) is 0 Å². The van der Waals surface area contributed by atoms with Crippen LogP contribution in [0.5, 0.6) is 0 Å². The van der Waals surface area contributed by atoms with Gasteiger partial charge in [0.05, 0.1) is 18.1 Å². The van der Waals surface area contributed by atoms with Crippen LogP contribution in [0.15, 0.2) is 0 Å². The fourth-order valence-electron chi connectivity index (χ4n) is 2.21. The Morgan fingerprint density at radius 2 is 2.00 bits per heavy atom. The van der Waals surface area contributed by atoms with E-state index in [-0.39, 0.29) is 28.6 Å². The lowest BCUT2D eigenvalue weighted by molar-refractivity contribution is -0.129. The van der Waals surface area contributed by atoms with Gasteiger partial charge in [-0.25, -0.2) is 0 Å². The van der Waals surface area contributed by atoms with Gasteiger partial charge in [0.1, 0.15) is 0 Å². The molecule has 1 aliphatic rings. The van der Waals surface area contributed by atoms with Crippen LogP contribution in [0.4, 0.5) is 0 Å². The molecule has 116 valence electrons. The Morgan fingerprint density at radius 3 is 2.55 bits per heavy atom. The van der Waals surface area contributed by atoms with Gasteiger partial charge in [-0.15, -0.1) is 0 Å². The molecule has 1 saturated carbocycles. The molecule has 1 aliphatic carbocycles. The maximum atomic E-state index is 12.1. The lowest BCUT2D eigenvalue weighted by Crippen LogP contribution is -2.39. The van der Waals surface area contributed by atoms with Gasteiger partial charge in [-0.05, 0) is 40.0 Å². The summed E-state index contributed by atoms with van der Waals surface area (Å²) in [6.45, 7) is 9.88. The molecular formula is C15H27NO3S. The zero-order valence-corrected chi connectivity index (χ0v) is 14.0. The van der Waals surface area contributed by atoms with Crippen molar-refractivity contribution in [3.8, 4) is 0 Å². The van der Waals surface area contributed by atoms with Gasteiger partial charge in [-0.2, -0.15) is 0 Å². The third kappa shape index (κ3) is 6.75. The Balaban J connectivity index is 2.30. The van der Waals surface area contributed by atoms with Gasteiger partial charge < -0.3 is 10.1 Å². The first-order valence-corrected chi connectivity index (χ1v) is 8.17. The van der Waals surface area contributed by atoms with E-state index in [2.05, 4.69) is 5.32 Å². The van der Waals surface area contributed by atoms with Crippen molar-refractivity contribution in [2.24, 2.45) is 5.92 Å². The van der Waals surface area contributed by atoms with Crippen molar-refractivity contribution in [1.82, 2.24) is 5.32 Å². The third-order valence-corrected chi connectivity index (χ3v) is 4.37. The predicted molar refractivity (Wildman–Crippen MR) is 82.7 cm³/mol. The Bertz CT molecular complexity index is 352. The van der Waals surface area contributed by atoms with Gasteiger partial charge in [-0.1, -0.05) is 18.7 Å². The Hall–Kier alpha value is -0.550. The molecule has 4 nitrogen and oxygen atoms in total. The molecular weight excluding hydrogens is 274 g/mol. The molecule has 0 saturated heterocycles. The van der Waals surface area contributed by atoms with E-state index in [4.69, 9.17) is 4.74 Å². The first-order chi connectivity index (χ1) is 9.17. The number of hydrogen-bond acceptors (Lipinski definition) is 4. The van der Waals surface area contributed by atoms with E-state index in [0.717, 1.165) is 19.3 Å². The van der Waals surface area contributed by atoms with Crippen LogP contribution >= 0.6 is 11.8 Å². The second-order valence-corrected chi connectivity index (χ2v) is 8.05. The molecule has 0 heterocycles. The summed E-state index contributed by atoms with van der Waals surface area (Å²) in [7, 11) is 0. The van der Waals surface area contributed by atoms with Crippen LogP contribution in [0, 0.1) is 5.92 Å². The zero-order valence-electron chi connectivity index (χ0n) is 13.2. The highest BCUT2D eigenvalue weighted by molar-refractivity contribution is 8.14. The smallest absolute Gasteiger partial charge is 0.225 e. The quantitative estimate of drug-likeness (QED) is 0.848. The number of hydrogen-bond donors (Lipinski definition) is 1. The molecule has 5 heteroatoms. The average molecular weight is 301 g/mol. The number of rotatable bonds is 5. The number of ether oxygens (including phenoxy) is 1. The molecule has 20 heavy (non-hydrogen) atoms. The minimum Gasteiger partial charge on any atom is -0.375 e. The fraction of sp³-hybridized carbons (Fsp3) is 0.867. The minimum absolute atomic E-state index is 0.0488. The Kier molecular flexibility index (Phi) is 6.52. The summed E-state index contributed by atoms with van der Waals surface area (Å²) in [5.74, 6) is -0.0959. The van der Waals surface area contributed by atoms with E-state index in [0.29, 0.717) is 11.9 Å². The first-order valence-electron chi connectivity index (χ1n) is 7.29. The number of amides is 1. The molecule has 3 atom stereocenters. The van der Waals surface area contributed by atoms with Crippen LogP contribution in [0.3, 0.4) is 0 Å². The number of carbonyl (C=O) groups is 2. The highest BCUT2D eigenvalue weighted by atomic mass is 32.2. The van der Waals surface area contributed by atoms with E-state index in [1.807, 2.05) is 27.7 Å². The van der Waals surface area contributed by atoms with Crippen molar-refractivity contribution in [2.45, 2.75) is 70.8 Å². The van der Waals surface area contributed by atoms with Crippen molar-refractivity contribution in [3.63, 3.8) is 0 Å².